The van der Waals surface area contributed by atoms with E-state index in [0.29, 0.717) is 0 Å². The molecule has 0 saturated heterocycles. The van der Waals surface area contributed by atoms with Gasteiger partial charge in [-0.2, -0.15) is 0 Å². The van der Waals surface area contributed by atoms with Crippen LogP contribution in [-0.2, 0) is 0 Å². The number of benzene rings is 2. The van der Waals surface area contributed by atoms with E-state index in [9.17, 15) is 13.6 Å². The van der Waals surface area contributed by atoms with E-state index in [1.165, 1.54) is 18.2 Å². The third kappa shape index (κ3) is 3.53. The normalized spacial score (nSPS) is 10.2. The molecule has 0 bridgehead atoms. The topological polar surface area (TPSA) is 55.1 Å². The van der Waals surface area contributed by atoms with E-state index >= 15 is 0 Å². The molecule has 0 aliphatic rings. The molecule has 0 unspecified atom stereocenters. The van der Waals surface area contributed by atoms with E-state index in [1.54, 1.807) is 0 Å². The number of nitrogens with one attached hydrogen (secondary N) is 1. The molecule has 2 aromatic carbocycles. The zero-order valence-corrected chi connectivity index (χ0v) is 12.1. The average Bonchev–Trinajstić information content (AvgIpc) is 2.43. The fourth-order valence-corrected chi connectivity index (χ4v) is 2.01. The number of hydrogen-bond acceptors (Lipinski definition) is 2. The molecule has 2 aromatic rings. The quantitative estimate of drug-likeness (QED) is 0.849. The van der Waals surface area contributed by atoms with Gasteiger partial charge < -0.3 is 11.1 Å². The van der Waals surface area contributed by atoms with Crippen molar-refractivity contribution >= 4 is 40.4 Å². The second-order valence-electron chi connectivity index (χ2n) is 4.14. The lowest BCUT2D eigenvalue weighted by Crippen LogP contribution is -2.18. The van der Waals surface area contributed by atoms with Crippen LogP contribution in [0.3, 0.4) is 0 Å². The molecule has 1 amide bonds. The number of carbonyl (C=O) groups excluding carboxylic acids is 1. The van der Waals surface area contributed by atoms with Crippen molar-refractivity contribution in [2.24, 2.45) is 5.73 Å². The molecule has 0 spiro atoms. The molecule has 108 valence electrons. The van der Waals surface area contributed by atoms with Crippen LogP contribution in [0, 0.1) is 11.6 Å². The first kappa shape index (κ1) is 15.3. The summed E-state index contributed by atoms with van der Waals surface area (Å²) in [5.41, 5.74) is 6.10. The Morgan fingerprint density at radius 1 is 1.19 bits per heavy atom. The molecule has 2 rings (SSSR count). The maximum absolute atomic E-state index is 13.2. The SMILES string of the molecule is NC(=S)c1cc(F)ccc1NC(=O)c1ccc(F)c(Cl)c1. The Balaban J connectivity index is 2.31. The number of carbonyl (C=O) groups is 1. The number of thiocarbonyl (C=S) groups is 1. The van der Waals surface area contributed by atoms with E-state index in [2.05, 4.69) is 5.32 Å². The highest BCUT2D eigenvalue weighted by molar-refractivity contribution is 7.80. The monoisotopic (exact) mass is 326 g/mol. The van der Waals surface area contributed by atoms with Gasteiger partial charge in [-0.3, -0.25) is 4.79 Å². The summed E-state index contributed by atoms with van der Waals surface area (Å²) in [5, 5.41) is 2.36. The first-order chi connectivity index (χ1) is 9.88. The van der Waals surface area contributed by atoms with Gasteiger partial charge in [0.15, 0.2) is 0 Å². The van der Waals surface area contributed by atoms with Gasteiger partial charge in [0.2, 0.25) is 0 Å². The molecule has 3 N–H and O–H groups in total. The number of anilines is 1. The van der Waals surface area contributed by atoms with Crippen molar-refractivity contribution in [2.45, 2.75) is 0 Å². The van der Waals surface area contributed by atoms with Gasteiger partial charge in [0.05, 0.1) is 10.7 Å². The summed E-state index contributed by atoms with van der Waals surface area (Å²) in [4.78, 5) is 12.0. The summed E-state index contributed by atoms with van der Waals surface area (Å²) in [6.07, 6.45) is 0. The summed E-state index contributed by atoms with van der Waals surface area (Å²) < 4.78 is 26.2. The van der Waals surface area contributed by atoms with Crippen LogP contribution in [0.15, 0.2) is 36.4 Å². The van der Waals surface area contributed by atoms with Crippen molar-refractivity contribution in [2.75, 3.05) is 5.32 Å². The molecule has 7 heteroatoms. The Labute approximate surface area is 129 Å². The molecule has 0 aliphatic carbocycles. The third-order valence-electron chi connectivity index (χ3n) is 2.68. The molecular weight excluding hydrogens is 318 g/mol. The van der Waals surface area contributed by atoms with Crippen molar-refractivity contribution in [1.29, 1.82) is 0 Å². The molecule has 3 nitrogen and oxygen atoms in total. The van der Waals surface area contributed by atoms with Crippen molar-refractivity contribution in [3.63, 3.8) is 0 Å². The highest BCUT2D eigenvalue weighted by atomic mass is 35.5. The summed E-state index contributed by atoms with van der Waals surface area (Å²) in [6.45, 7) is 0. The zero-order valence-electron chi connectivity index (χ0n) is 10.5. The highest BCUT2D eigenvalue weighted by Crippen LogP contribution is 2.20. The lowest BCUT2D eigenvalue weighted by molar-refractivity contribution is 0.102. The number of amides is 1. The maximum Gasteiger partial charge on any atom is 0.255 e. The van der Waals surface area contributed by atoms with Gasteiger partial charge in [0, 0.05) is 11.1 Å². The Morgan fingerprint density at radius 3 is 2.52 bits per heavy atom. The molecule has 0 fully saturated rings. The van der Waals surface area contributed by atoms with Gasteiger partial charge in [-0.1, -0.05) is 23.8 Å². The Kier molecular flexibility index (Phi) is 4.50. The van der Waals surface area contributed by atoms with E-state index in [-0.39, 0.29) is 26.8 Å². The van der Waals surface area contributed by atoms with E-state index in [4.69, 9.17) is 29.6 Å². The minimum atomic E-state index is -0.626. The van der Waals surface area contributed by atoms with E-state index < -0.39 is 17.5 Å². The van der Waals surface area contributed by atoms with Crippen molar-refractivity contribution in [3.8, 4) is 0 Å². The zero-order chi connectivity index (χ0) is 15.6. The van der Waals surface area contributed by atoms with Gasteiger partial charge >= 0.3 is 0 Å². The standard InChI is InChI=1S/C14H9ClF2N2OS/c15-10-5-7(1-3-11(10)17)14(20)19-12-4-2-8(16)6-9(12)13(18)21/h1-6H,(H2,18,21)(H,19,20). The van der Waals surface area contributed by atoms with Gasteiger partial charge in [0.25, 0.3) is 5.91 Å². The fraction of sp³-hybridized carbons (Fsp3) is 0. The van der Waals surface area contributed by atoms with Crippen LogP contribution in [0.4, 0.5) is 14.5 Å². The smallest absolute Gasteiger partial charge is 0.255 e. The maximum atomic E-state index is 13.2. The van der Waals surface area contributed by atoms with Crippen molar-refractivity contribution in [3.05, 3.63) is 64.2 Å². The molecule has 0 aliphatic heterocycles. The lowest BCUT2D eigenvalue weighted by Gasteiger charge is -2.10. The van der Waals surface area contributed by atoms with E-state index in [0.717, 1.165) is 18.2 Å². The van der Waals surface area contributed by atoms with Crippen LogP contribution in [0.1, 0.15) is 15.9 Å². The number of halogens is 3. The van der Waals surface area contributed by atoms with Gasteiger partial charge in [-0.25, -0.2) is 8.78 Å². The first-order valence-corrected chi connectivity index (χ1v) is 6.53. The predicted octanol–water partition coefficient (Wildman–Crippen LogP) is 3.50. The highest BCUT2D eigenvalue weighted by Gasteiger charge is 2.13. The second kappa shape index (κ2) is 6.15. The average molecular weight is 327 g/mol. The first-order valence-electron chi connectivity index (χ1n) is 5.74. The molecule has 0 atom stereocenters. The summed E-state index contributed by atoms with van der Waals surface area (Å²) in [6, 6.07) is 7.17. The molecule has 0 aromatic heterocycles. The summed E-state index contributed by atoms with van der Waals surface area (Å²) in [7, 11) is 0. The van der Waals surface area contributed by atoms with Crippen LogP contribution < -0.4 is 11.1 Å². The number of rotatable bonds is 3. The van der Waals surface area contributed by atoms with Gasteiger partial charge in [-0.15, -0.1) is 0 Å². The second-order valence-corrected chi connectivity index (χ2v) is 4.98. The molecule has 21 heavy (non-hydrogen) atoms. The minimum absolute atomic E-state index is 0.0538. The Morgan fingerprint density at radius 2 is 1.90 bits per heavy atom. The van der Waals surface area contributed by atoms with Crippen molar-refractivity contribution in [1.82, 2.24) is 0 Å². The van der Waals surface area contributed by atoms with Crippen LogP contribution in [-0.4, -0.2) is 10.9 Å². The van der Waals surface area contributed by atoms with Gasteiger partial charge in [0.1, 0.15) is 16.6 Å². The van der Waals surface area contributed by atoms with Crippen molar-refractivity contribution < 1.29 is 13.6 Å². The Bertz CT molecular complexity index is 737. The van der Waals surface area contributed by atoms with Crippen LogP contribution in [0.2, 0.25) is 5.02 Å². The third-order valence-corrected chi connectivity index (χ3v) is 3.19. The predicted molar refractivity (Wildman–Crippen MR) is 81.7 cm³/mol. The van der Waals surface area contributed by atoms with E-state index in [1.807, 2.05) is 0 Å². The van der Waals surface area contributed by atoms with Crippen LogP contribution in [0.5, 0.6) is 0 Å². The number of nitrogens with two attached hydrogens (primary N) is 1. The Hall–Kier alpha value is -2.05. The number of hydrogen-bond donors (Lipinski definition) is 2. The van der Waals surface area contributed by atoms with Crippen LogP contribution in [0.25, 0.3) is 0 Å². The molecule has 0 heterocycles. The molecular formula is C14H9ClF2N2OS. The van der Waals surface area contributed by atoms with Crippen LogP contribution >= 0.6 is 23.8 Å². The summed E-state index contributed by atoms with van der Waals surface area (Å²) >= 11 is 10.4. The molecule has 0 saturated carbocycles. The summed E-state index contributed by atoms with van der Waals surface area (Å²) in [5.74, 6) is -1.69. The largest absolute Gasteiger partial charge is 0.389 e. The molecule has 0 radical (unpaired) electrons. The minimum Gasteiger partial charge on any atom is -0.389 e. The fourth-order valence-electron chi connectivity index (χ4n) is 1.66. The lowest BCUT2D eigenvalue weighted by atomic mass is 10.1. The van der Waals surface area contributed by atoms with Gasteiger partial charge in [-0.05, 0) is 36.4 Å².